The van der Waals surface area contributed by atoms with Gasteiger partial charge in [-0.15, -0.1) is 10.2 Å². The van der Waals surface area contributed by atoms with Crippen LogP contribution in [0.1, 0.15) is 18.9 Å². The van der Waals surface area contributed by atoms with E-state index < -0.39 is 23.6 Å². The zero-order valence-electron chi connectivity index (χ0n) is 14.8. The number of thioether (sulfide) groups is 1. The number of carbonyl (C=O) groups excluding carboxylic acids is 2. The van der Waals surface area contributed by atoms with Crippen LogP contribution in [0.25, 0.3) is 0 Å². The quantitative estimate of drug-likeness (QED) is 0.438. The van der Waals surface area contributed by atoms with Gasteiger partial charge in [0.1, 0.15) is 23.2 Å². The maximum absolute atomic E-state index is 12.8. The summed E-state index contributed by atoms with van der Waals surface area (Å²) in [6, 6.07) is -0.366. The first-order valence-corrected chi connectivity index (χ1v) is 10.1. The second kappa shape index (κ2) is 6.20. The zero-order chi connectivity index (χ0) is 19.5. The second-order valence-electron chi connectivity index (χ2n) is 6.97. The highest BCUT2D eigenvalue weighted by molar-refractivity contribution is 8.01. The summed E-state index contributed by atoms with van der Waals surface area (Å²) in [7, 11) is 0. The van der Waals surface area contributed by atoms with E-state index in [4.69, 9.17) is 9.47 Å². The highest BCUT2D eigenvalue weighted by atomic mass is 32.2. The fourth-order valence-electron chi connectivity index (χ4n) is 4.00. The maximum atomic E-state index is 12.8. The van der Waals surface area contributed by atoms with Crippen molar-refractivity contribution in [2.45, 2.75) is 36.8 Å². The van der Waals surface area contributed by atoms with E-state index in [1.165, 1.54) is 28.0 Å². The number of carboxylic acid groups (broad SMARTS) is 1. The molecule has 2 fully saturated rings. The van der Waals surface area contributed by atoms with Crippen molar-refractivity contribution in [1.82, 2.24) is 15.1 Å². The molecule has 3 aliphatic rings. The van der Waals surface area contributed by atoms with Crippen LogP contribution in [0.3, 0.4) is 0 Å². The molecule has 1 aromatic heterocycles. The van der Waals surface area contributed by atoms with Gasteiger partial charge in [0.15, 0.2) is 9.94 Å². The molecule has 4 rings (SSSR count). The normalized spacial score (nSPS) is 32.3. The summed E-state index contributed by atoms with van der Waals surface area (Å²) in [5.74, 6) is -1.89. The number of carboxylic acids is 1. The molecule has 1 aromatic rings. The van der Waals surface area contributed by atoms with E-state index in [1.54, 1.807) is 6.92 Å². The first-order valence-electron chi connectivity index (χ1n) is 8.31. The molecule has 2 saturated heterocycles. The van der Waals surface area contributed by atoms with Crippen molar-refractivity contribution in [2.24, 2.45) is 11.8 Å². The number of cyclic esters (lactones) is 2. The number of β-lactam (4-membered cyclic amide) rings is 1. The van der Waals surface area contributed by atoms with E-state index >= 15 is 0 Å². The van der Waals surface area contributed by atoms with Crippen LogP contribution < -0.4 is 0 Å². The third-order valence-electron chi connectivity index (χ3n) is 5.26. The first kappa shape index (κ1) is 18.2. The molecule has 144 valence electrons. The van der Waals surface area contributed by atoms with Crippen molar-refractivity contribution < 1.29 is 29.0 Å². The van der Waals surface area contributed by atoms with Crippen LogP contribution in [0.5, 0.6) is 0 Å². The molecule has 4 atom stereocenters. The van der Waals surface area contributed by atoms with Crippen LogP contribution in [0.15, 0.2) is 15.6 Å². The standard InChI is InChI=1S/C16H17N3O6S2/c1-6-8(4-26-14-18-17-7(2)27-14)11(13(21)22)19-10(6)9(12(19)20)16(3)5-24-15(23)25-16/h6,9-10H,4-5H2,1-3H3,(H,21,22)/t6-,9-,10-,16-/m1/s1. The van der Waals surface area contributed by atoms with Gasteiger partial charge in [-0.1, -0.05) is 30.0 Å². The number of amides is 1. The van der Waals surface area contributed by atoms with E-state index in [9.17, 15) is 19.5 Å². The van der Waals surface area contributed by atoms with Gasteiger partial charge in [-0.25, -0.2) is 9.59 Å². The Kier molecular flexibility index (Phi) is 4.18. The average Bonchev–Trinajstić information content (AvgIpc) is 3.22. The third kappa shape index (κ3) is 2.71. The monoisotopic (exact) mass is 411 g/mol. The number of ether oxygens (including phenoxy) is 2. The molecular weight excluding hydrogens is 394 g/mol. The largest absolute Gasteiger partial charge is 0.509 e. The lowest BCUT2D eigenvalue weighted by molar-refractivity contribution is -0.170. The summed E-state index contributed by atoms with van der Waals surface area (Å²) in [4.78, 5) is 37.4. The molecule has 0 unspecified atom stereocenters. The molecule has 9 nitrogen and oxygen atoms in total. The lowest BCUT2D eigenvalue weighted by Crippen LogP contribution is -2.68. The summed E-state index contributed by atoms with van der Waals surface area (Å²) >= 11 is 2.84. The molecular formula is C16H17N3O6S2. The lowest BCUT2D eigenvalue weighted by atomic mass is 9.71. The number of fused-ring (bicyclic) bond motifs is 1. The van der Waals surface area contributed by atoms with Gasteiger partial charge in [0.25, 0.3) is 0 Å². The van der Waals surface area contributed by atoms with Crippen molar-refractivity contribution in [2.75, 3.05) is 12.4 Å². The van der Waals surface area contributed by atoms with E-state index in [1.807, 2.05) is 13.8 Å². The van der Waals surface area contributed by atoms with Crippen LogP contribution in [0.2, 0.25) is 0 Å². The fraction of sp³-hybridized carbons (Fsp3) is 0.562. The van der Waals surface area contributed by atoms with E-state index in [0.717, 1.165) is 9.35 Å². The molecule has 0 bridgehead atoms. The van der Waals surface area contributed by atoms with Crippen molar-refractivity contribution in [3.05, 3.63) is 16.3 Å². The Balaban J connectivity index is 1.60. The van der Waals surface area contributed by atoms with Crippen LogP contribution >= 0.6 is 23.1 Å². The number of carbonyl (C=O) groups is 3. The number of aryl methyl sites for hydroxylation is 1. The minimum absolute atomic E-state index is 0.0180. The van der Waals surface area contributed by atoms with Gasteiger partial charge in [-0.3, -0.25) is 4.79 Å². The Morgan fingerprint density at radius 2 is 2.19 bits per heavy atom. The van der Waals surface area contributed by atoms with Gasteiger partial charge < -0.3 is 19.5 Å². The average molecular weight is 411 g/mol. The molecule has 27 heavy (non-hydrogen) atoms. The number of nitrogens with zero attached hydrogens (tertiary/aromatic N) is 3. The summed E-state index contributed by atoms with van der Waals surface area (Å²) in [5.41, 5.74) is -0.377. The number of hydrogen-bond acceptors (Lipinski definition) is 9. The van der Waals surface area contributed by atoms with Gasteiger partial charge in [-0.05, 0) is 19.4 Å². The first-order chi connectivity index (χ1) is 12.7. The highest BCUT2D eigenvalue weighted by Crippen LogP contribution is 2.52. The van der Waals surface area contributed by atoms with Gasteiger partial charge in [0.2, 0.25) is 5.91 Å². The topological polar surface area (TPSA) is 119 Å². The minimum Gasteiger partial charge on any atom is -0.477 e. The molecule has 0 radical (unpaired) electrons. The fourth-order valence-corrected chi connectivity index (χ4v) is 5.97. The molecule has 0 saturated carbocycles. The Hall–Kier alpha value is -2.14. The lowest BCUT2D eigenvalue weighted by Gasteiger charge is -2.49. The summed E-state index contributed by atoms with van der Waals surface area (Å²) in [6.07, 6.45) is -0.803. The van der Waals surface area contributed by atoms with Crippen LogP contribution in [0.4, 0.5) is 4.79 Å². The predicted octanol–water partition coefficient (Wildman–Crippen LogP) is 1.68. The Bertz CT molecular complexity index is 883. The third-order valence-corrected chi connectivity index (χ3v) is 7.28. The van der Waals surface area contributed by atoms with Crippen LogP contribution in [-0.2, 0) is 19.1 Å². The number of aromatic nitrogens is 2. The summed E-state index contributed by atoms with van der Waals surface area (Å²) < 4.78 is 10.9. The second-order valence-corrected chi connectivity index (χ2v) is 9.38. The van der Waals surface area contributed by atoms with E-state index in [0.29, 0.717) is 11.3 Å². The molecule has 0 spiro atoms. The summed E-state index contributed by atoms with van der Waals surface area (Å²) in [6.45, 7) is 5.38. The van der Waals surface area contributed by atoms with Gasteiger partial charge >= 0.3 is 12.1 Å². The maximum Gasteiger partial charge on any atom is 0.509 e. The van der Waals surface area contributed by atoms with Crippen molar-refractivity contribution in [1.29, 1.82) is 0 Å². The molecule has 0 aliphatic carbocycles. The zero-order valence-corrected chi connectivity index (χ0v) is 16.4. The number of aliphatic carboxylic acids is 1. The van der Waals surface area contributed by atoms with Gasteiger partial charge in [-0.2, -0.15) is 0 Å². The molecule has 3 aliphatic heterocycles. The van der Waals surface area contributed by atoms with E-state index in [-0.39, 0.29) is 30.2 Å². The predicted molar refractivity (Wildman–Crippen MR) is 94.2 cm³/mol. The molecule has 4 heterocycles. The van der Waals surface area contributed by atoms with Crippen LogP contribution in [0, 0.1) is 18.8 Å². The van der Waals surface area contributed by atoms with Crippen molar-refractivity contribution in [3.8, 4) is 0 Å². The minimum atomic E-state index is -1.13. The Morgan fingerprint density at radius 3 is 2.74 bits per heavy atom. The Morgan fingerprint density at radius 1 is 1.44 bits per heavy atom. The molecule has 1 N–H and O–H groups in total. The van der Waals surface area contributed by atoms with Crippen molar-refractivity contribution >= 4 is 41.1 Å². The smallest absolute Gasteiger partial charge is 0.477 e. The summed E-state index contributed by atoms with van der Waals surface area (Å²) in [5, 5.41) is 18.5. The Labute approximate surface area is 162 Å². The van der Waals surface area contributed by atoms with Crippen molar-refractivity contribution in [3.63, 3.8) is 0 Å². The highest BCUT2D eigenvalue weighted by Gasteiger charge is 2.66. The van der Waals surface area contributed by atoms with Gasteiger partial charge in [0, 0.05) is 11.7 Å². The van der Waals surface area contributed by atoms with Crippen LogP contribution in [-0.4, -0.2) is 62.2 Å². The number of rotatable bonds is 5. The molecule has 1 amide bonds. The SMILES string of the molecule is Cc1nnc(SCC2=C(C(=O)O)N3C(=O)[C@H]([C@@]4(C)COC(=O)O4)[C@H]3[C@@H]2C)s1. The number of hydrogen-bond donors (Lipinski definition) is 1. The van der Waals surface area contributed by atoms with E-state index in [2.05, 4.69) is 10.2 Å². The molecule has 0 aromatic carbocycles. The molecule has 11 heteroatoms. The van der Waals surface area contributed by atoms with Gasteiger partial charge in [0.05, 0.1) is 6.04 Å².